The second-order valence-electron chi connectivity index (χ2n) is 5.94. The molecule has 1 spiro atoms. The first-order valence-corrected chi connectivity index (χ1v) is 9.75. The molecule has 1 aromatic rings. The van der Waals surface area contributed by atoms with Crippen LogP contribution in [0.4, 0.5) is 0 Å². The third-order valence-electron chi connectivity index (χ3n) is 4.58. The van der Waals surface area contributed by atoms with E-state index in [2.05, 4.69) is 6.58 Å². The Balaban J connectivity index is 1.84. The minimum atomic E-state index is -3.47. The SMILES string of the molecule is C=CCN1CC[C@@]2(CCCN(S(=O)(=O)c3cccs3)C2)C1=O. The summed E-state index contributed by atoms with van der Waals surface area (Å²) in [6.07, 6.45) is 3.96. The number of sulfonamides is 1. The van der Waals surface area contributed by atoms with E-state index in [0.717, 1.165) is 19.3 Å². The summed E-state index contributed by atoms with van der Waals surface area (Å²) in [5.74, 6) is 0.0819. The van der Waals surface area contributed by atoms with Crippen LogP contribution in [0.3, 0.4) is 0 Å². The summed E-state index contributed by atoms with van der Waals surface area (Å²) in [4.78, 5) is 14.5. The highest BCUT2D eigenvalue weighted by Crippen LogP contribution is 2.41. The zero-order chi connectivity index (χ0) is 15.8. The van der Waals surface area contributed by atoms with Crippen molar-refractivity contribution in [3.05, 3.63) is 30.2 Å². The molecule has 3 heterocycles. The normalized spacial score (nSPS) is 26.7. The number of carbonyl (C=O) groups is 1. The van der Waals surface area contributed by atoms with Crippen LogP contribution in [0.15, 0.2) is 34.4 Å². The van der Waals surface area contributed by atoms with Gasteiger partial charge in [0.2, 0.25) is 5.91 Å². The van der Waals surface area contributed by atoms with Gasteiger partial charge in [-0.2, -0.15) is 4.31 Å². The molecule has 0 saturated carbocycles. The molecule has 0 bridgehead atoms. The zero-order valence-corrected chi connectivity index (χ0v) is 14.0. The highest BCUT2D eigenvalue weighted by atomic mass is 32.2. The van der Waals surface area contributed by atoms with Crippen LogP contribution in [-0.4, -0.2) is 49.7 Å². The van der Waals surface area contributed by atoms with Crippen LogP contribution < -0.4 is 0 Å². The number of piperidine rings is 1. The van der Waals surface area contributed by atoms with Gasteiger partial charge in [0.05, 0.1) is 5.41 Å². The standard InChI is InChI=1S/C15H20N2O3S2/c1-2-8-16-10-7-15(14(16)18)6-4-9-17(12-15)22(19,20)13-5-3-11-21-13/h2-3,5,11H,1,4,6-10,12H2/t15-/m1/s1. The largest absolute Gasteiger partial charge is 0.338 e. The van der Waals surface area contributed by atoms with E-state index in [1.807, 2.05) is 0 Å². The van der Waals surface area contributed by atoms with E-state index < -0.39 is 15.4 Å². The molecule has 120 valence electrons. The van der Waals surface area contributed by atoms with Gasteiger partial charge in [0, 0.05) is 26.2 Å². The second kappa shape index (κ2) is 5.79. The molecule has 2 saturated heterocycles. The maximum absolute atomic E-state index is 12.7. The number of rotatable bonds is 4. The van der Waals surface area contributed by atoms with Crippen molar-refractivity contribution in [2.24, 2.45) is 5.41 Å². The summed E-state index contributed by atoms with van der Waals surface area (Å²) in [5, 5.41) is 1.76. The van der Waals surface area contributed by atoms with Gasteiger partial charge in [-0.3, -0.25) is 4.79 Å². The Morgan fingerprint density at radius 1 is 1.36 bits per heavy atom. The van der Waals surface area contributed by atoms with E-state index in [1.54, 1.807) is 28.5 Å². The molecular formula is C15H20N2O3S2. The number of hydrogen-bond acceptors (Lipinski definition) is 4. The molecule has 1 aromatic heterocycles. The van der Waals surface area contributed by atoms with Crippen molar-refractivity contribution < 1.29 is 13.2 Å². The molecule has 2 fully saturated rings. The van der Waals surface area contributed by atoms with Gasteiger partial charge in [-0.05, 0) is 30.7 Å². The number of amides is 1. The Bertz CT molecular complexity index is 669. The first kappa shape index (κ1) is 15.7. The van der Waals surface area contributed by atoms with Crippen molar-refractivity contribution in [1.29, 1.82) is 0 Å². The monoisotopic (exact) mass is 340 g/mol. The zero-order valence-electron chi connectivity index (χ0n) is 12.4. The molecule has 2 aliphatic rings. The highest BCUT2D eigenvalue weighted by Gasteiger charge is 2.50. The van der Waals surface area contributed by atoms with Crippen molar-refractivity contribution in [3.8, 4) is 0 Å². The second-order valence-corrected chi connectivity index (χ2v) is 9.06. The molecule has 0 aliphatic carbocycles. The van der Waals surface area contributed by atoms with Crippen LogP contribution in [0.1, 0.15) is 19.3 Å². The molecule has 1 atom stereocenters. The molecule has 7 heteroatoms. The topological polar surface area (TPSA) is 57.7 Å². The van der Waals surface area contributed by atoms with E-state index in [0.29, 0.717) is 30.4 Å². The molecule has 0 aromatic carbocycles. The lowest BCUT2D eigenvalue weighted by atomic mass is 9.79. The third kappa shape index (κ3) is 2.51. The first-order valence-electron chi connectivity index (χ1n) is 7.43. The van der Waals surface area contributed by atoms with E-state index >= 15 is 0 Å². The fourth-order valence-electron chi connectivity index (χ4n) is 3.43. The number of carbonyl (C=O) groups excluding carboxylic acids is 1. The number of likely N-dealkylation sites (tertiary alicyclic amines) is 1. The van der Waals surface area contributed by atoms with E-state index in [-0.39, 0.29) is 5.91 Å². The maximum Gasteiger partial charge on any atom is 0.252 e. The fraction of sp³-hybridized carbons (Fsp3) is 0.533. The van der Waals surface area contributed by atoms with Gasteiger partial charge in [0.1, 0.15) is 4.21 Å². The predicted molar refractivity (Wildman–Crippen MR) is 86.1 cm³/mol. The molecule has 1 amide bonds. The molecule has 3 rings (SSSR count). The lowest BCUT2D eigenvalue weighted by Gasteiger charge is -2.37. The third-order valence-corrected chi connectivity index (χ3v) is 7.80. The first-order chi connectivity index (χ1) is 10.5. The number of nitrogens with zero attached hydrogens (tertiary/aromatic N) is 2. The van der Waals surface area contributed by atoms with Crippen LogP contribution in [0.5, 0.6) is 0 Å². The summed E-state index contributed by atoms with van der Waals surface area (Å²) < 4.78 is 27.3. The highest BCUT2D eigenvalue weighted by molar-refractivity contribution is 7.91. The number of hydrogen-bond donors (Lipinski definition) is 0. The van der Waals surface area contributed by atoms with Crippen molar-refractivity contribution >= 4 is 27.3 Å². The molecule has 0 unspecified atom stereocenters. The Morgan fingerprint density at radius 2 is 2.18 bits per heavy atom. The Hall–Kier alpha value is -1.18. The quantitative estimate of drug-likeness (QED) is 0.787. The van der Waals surface area contributed by atoms with Gasteiger partial charge in [-0.1, -0.05) is 12.1 Å². The molecule has 5 nitrogen and oxygen atoms in total. The van der Waals surface area contributed by atoms with Gasteiger partial charge < -0.3 is 4.90 Å². The summed E-state index contributed by atoms with van der Waals surface area (Å²) in [7, 11) is -3.47. The van der Waals surface area contributed by atoms with E-state index in [9.17, 15) is 13.2 Å². The Kier molecular flexibility index (Phi) is 4.13. The van der Waals surface area contributed by atoms with Crippen LogP contribution in [0, 0.1) is 5.41 Å². The summed E-state index contributed by atoms with van der Waals surface area (Å²) in [6.45, 7) is 5.72. The lowest BCUT2D eigenvalue weighted by Crippen LogP contribution is -2.49. The molecule has 0 radical (unpaired) electrons. The molecule has 0 N–H and O–H groups in total. The van der Waals surface area contributed by atoms with Gasteiger partial charge >= 0.3 is 0 Å². The van der Waals surface area contributed by atoms with Crippen LogP contribution in [0.25, 0.3) is 0 Å². The van der Waals surface area contributed by atoms with Gasteiger partial charge in [-0.25, -0.2) is 8.42 Å². The van der Waals surface area contributed by atoms with Crippen LogP contribution in [-0.2, 0) is 14.8 Å². The summed E-state index contributed by atoms with van der Waals surface area (Å²) >= 11 is 1.23. The molecule has 2 aliphatic heterocycles. The Morgan fingerprint density at radius 3 is 2.86 bits per heavy atom. The van der Waals surface area contributed by atoms with Crippen molar-refractivity contribution in [1.82, 2.24) is 9.21 Å². The Labute approximate surface area is 135 Å². The summed E-state index contributed by atoms with van der Waals surface area (Å²) in [5.41, 5.74) is -0.536. The van der Waals surface area contributed by atoms with Gasteiger partial charge in [0.25, 0.3) is 10.0 Å². The van der Waals surface area contributed by atoms with Gasteiger partial charge in [0.15, 0.2) is 0 Å². The predicted octanol–water partition coefficient (Wildman–Crippen LogP) is 1.94. The van der Waals surface area contributed by atoms with Gasteiger partial charge in [-0.15, -0.1) is 17.9 Å². The van der Waals surface area contributed by atoms with Crippen molar-refractivity contribution in [2.75, 3.05) is 26.2 Å². The number of thiophene rings is 1. The smallest absolute Gasteiger partial charge is 0.252 e. The average Bonchev–Trinajstić information content (AvgIpc) is 3.14. The minimum Gasteiger partial charge on any atom is -0.338 e. The van der Waals surface area contributed by atoms with Crippen LogP contribution in [0.2, 0.25) is 0 Å². The van der Waals surface area contributed by atoms with Crippen molar-refractivity contribution in [2.45, 2.75) is 23.5 Å². The van der Waals surface area contributed by atoms with E-state index in [4.69, 9.17) is 0 Å². The maximum atomic E-state index is 12.7. The summed E-state index contributed by atoms with van der Waals surface area (Å²) in [6, 6.07) is 3.37. The van der Waals surface area contributed by atoms with Crippen molar-refractivity contribution in [3.63, 3.8) is 0 Å². The van der Waals surface area contributed by atoms with Crippen LogP contribution >= 0.6 is 11.3 Å². The minimum absolute atomic E-state index is 0.0819. The molecular weight excluding hydrogens is 320 g/mol. The average molecular weight is 340 g/mol. The molecule has 22 heavy (non-hydrogen) atoms. The fourth-order valence-corrected chi connectivity index (χ4v) is 6.14. The van der Waals surface area contributed by atoms with E-state index in [1.165, 1.54) is 15.6 Å². The lowest BCUT2D eigenvalue weighted by molar-refractivity contribution is -0.137.